The van der Waals surface area contributed by atoms with Gasteiger partial charge in [0.05, 0.1) is 6.42 Å². The van der Waals surface area contributed by atoms with Crippen molar-refractivity contribution in [2.24, 2.45) is 0 Å². The average molecular weight is 437 g/mol. The Morgan fingerprint density at radius 2 is 1.78 bits per heavy atom. The van der Waals surface area contributed by atoms with E-state index in [1.165, 1.54) is 5.69 Å². The third-order valence-corrected chi connectivity index (χ3v) is 5.82. The van der Waals surface area contributed by atoms with Crippen LogP contribution in [0.15, 0.2) is 30.3 Å². The molecule has 10 nitrogen and oxygen atoms in total. The van der Waals surface area contributed by atoms with Gasteiger partial charge in [0.2, 0.25) is 17.8 Å². The van der Waals surface area contributed by atoms with Crippen LogP contribution < -0.4 is 16.0 Å². The molecule has 4 rings (SSSR count). The van der Waals surface area contributed by atoms with Crippen molar-refractivity contribution in [3.05, 3.63) is 47.3 Å². The first-order valence-corrected chi connectivity index (χ1v) is 10.7. The number of piperazine rings is 1. The van der Waals surface area contributed by atoms with Gasteiger partial charge in [-0.2, -0.15) is 9.50 Å². The van der Waals surface area contributed by atoms with E-state index in [1.807, 2.05) is 36.9 Å². The van der Waals surface area contributed by atoms with Crippen LogP contribution in [0.25, 0.3) is 5.78 Å². The highest BCUT2D eigenvalue weighted by Gasteiger charge is 2.21. The van der Waals surface area contributed by atoms with E-state index in [9.17, 15) is 9.59 Å². The Labute approximate surface area is 186 Å². The van der Waals surface area contributed by atoms with Gasteiger partial charge >= 0.3 is 0 Å². The molecule has 0 saturated carbocycles. The first kappa shape index (κ1) is 21.5. The lowest BCUT2D eigenvalue weighted by atomic mass is 10.1. The Morgan fingerprint density at radius 1 is 1.06 bits per heavy atom. The van der Waals surface area contributed by atoms with Gasteiger partial charge in [-0.3, -0.25) is 9.59 Å². The molecule has 1 fully saturated rings. The summed E-state index contributed by atoms with van der Waals surface area (Å²) in [5.74, 6) is 0.461. The molecule has 3 N–H and O–H groups in total. The highest BCUT2D eigenvalue weighted by atomic mass is 16.2. The van der Waals surface area contributed by atoms with Gasteiger partial charge in [-0.05, 0) is 26.0 Å². The molecule has 10 heteroatoms. The fraction of sp³-hybridized carbons (Fsp3) is 0.409. The number of nitrogen functional groups attached to an aromatic ring is 1. The van der Waals surface area contributed by atoms with Crippen molar-refractivity contribution in [3.8, 4) is 0 Å². The molecular formula is C22H28N8O2. The van der Waals surface area contributed by atoms with E-state index in [-0.39, 0.29) is 30.6 Å². The standard InChI is InChI=1S/C22H28N8O2/c1-15-18(16(2)30-22(25-15)26-21(23)27-30)14-19(31)24-9-8-20(32)29-12-10-28(11-13-29)17-6-4-3-5-7-17/h3-7H,8-14H2,1-2H3,(H2,23,27)(H,24,31). The van der Waals surface area contributed by atoms with E-state index >= 15 is 0 Å². The number of para-hydroxylation sites is 1. The molecule has 0 atom stereocenters. The average Bonchev–Trinajstić information content (AvgIpc) is 3.17. The first-order chi connectivity index (χ1) is 15.4. The predicted octanol–water partition coefficient (Wildman–Crippen LogP) is 0.721. The smallest absolute Gasteiger partial charge is 0.254 e. The van der Waals surface area contributed by atoms with Crippen LogP contribution >= 0.6 is 0 Å². The summed E-state index contributed by atoms with van der Waals surface area (Å²) in [6, 6.07) is 10.2. The molecule has 0 spiro atoms. The Balaban J connectivity index is 1.25. The van der Waals surface area contributed by atoms with Crippen LogP contribution in [0.4, 0.5) is 11.6 Å². The topological polar surface area (TPSA) is 122 Å². The number of nitrogens with two attached hydrogens (primary N) is 1. The van der Waals surface area contributed by atoms with E-state index in [0.29, 0.717) is 31.1 Å². The number of hydrogen-bond acceptors (Lipinski definition) is 7. The van der Waals surface area contributed by atoms with Gasteiger partial charge in [-0.15, -0.1) is 5.10 Å². The number of aryl methyl sites for hydroxylation is 2. The number of anilines is 2. The lowest BCUT2D eigenvalue weighted by Gasteiger charge is -2.36. The van der Waals surface area contributed by atoms with E-state index in [4.69, 9.17) is 5.73 Å². The van der Waals surface area contributed by atoms with Gasteiger partial charge in [-0.25, -0.2) is 4.98 Å². The zero-order valence-corrected chi connectivity index (χ0v) is 18.4. The molecule has 0 radical (unpaired) electrons. The normalized spacial score (nSPS) is 14.1. The van der Waals surface area contributed by atoms with Crippen LogP contribution in [0.2, 0.25) is 0 Å². The number of amides is 2. The van der Waals surface area contributed by atoms with Crippen LogP contribution in [0, 0.1) is 13.8 Å². The number of carbonyl (C=O) groups excluding carboxylic acids is 2. The molecule has 1 saturated heterocycles. The number of nitrogens with one attached hydrogen (secondary N) is 1. The summed E-state index contributed by atoms with van der Waals surface area (Å²) in [4.78, 5) is 37.6. The van der Waals surface area contributed by atoms with E-state index < -0.39 is 0 Å². The Hall–Kier alpha value is -3.69. The van der Waals surface area contributed by atoms with E-state index in [2.05, 4.69) is 37.4 Å². The molecular weight excluding hydrogens is 408 g/mol. The van der Waals surface area contributed by atoms with Gasteiger partial charge < -0.3 is 20.9 Å². The van der Waals surface area contributed by atoms with Gasteiger partial charge in [0.1, 0.15) is 0 Å². The number of fused-ring (bicyclic) bond motifs is 1. The fourth-order valence-corrected chi connectivity index (χ4v) is 4.02. The fourth-order valence-electron chi connectivity index (χ4n) is 4.02. The lowest BCUT2D eigenvalue weighted by Crippen LogP contribution is -2.49. The number of nitrogens with zero attached hydrogens (tertiary/aromatic N) is 6. The van der Waals surface area contributed by atoms with Crippen molar-refractivity contribution >= 4 is 29.2 Å². The minimum atomic E-state index is -0.160. The number of rotatable bonds is 6. The third kappa shape index (κ3) is 4.63. The molecule has 168 valence electrons. The van der Waals surface area contributed by atoms with Gasteiger partial charge in [0.25, 0.3) is 5.78 Å². The van der Waals surface area contributed by atoms with Crippen LogP contribution in [-0.4, -0.2) is 69.0 Å². The second-order valence-corrected chi connectivity index (χ2v) is 7.92. The van der Waals surface area contributed by atoms with E-state index in [0.717, 1.165) is 24.3 Å². The number of hydrogen-bond donors (Lipinski definition) is 2. The first-order valence-electron chi connectivity index (χ1n) is 10.7. The maximum Gasteiger partial charge on any atom is 0.254 e. The van der Waals surface area contributed by atoms with Crippen molar-refractivity contribution in [1.29, 1.82) is 0 Å². The van der Waals surface area contributed by atoms with Gasteiger partial charge in [0, 0.05) is 61.8 Å². The molecule has 3 heterocycles. The van der Waals surface area contributed by atoms with Gasteiger partial charge in [0.15, 0.2) is 0 Å². The summed E-state index contributed by atoms with van der Waals surface area (Å²) < 4.78 is 1.55. The molecule has 2 aromatic heterocycles. The minimum absolute atomic E-state index is 0.0616. The summed E-state index contributed by atoms with van der Waals surface area (Å²) in [6.45, 7) is 6.99. The molecule has 3 aromatic rings. The molecule has 1 aliphatic rings. The van der Waals surface area contributed by atoms with Crippen molar-refractivity contribution < 1.29 is 9.59 Å². The van der Waals surface area contributed by atoms with Crippen molar-refractivity contribution in [3.63, 3.8) is 0 Å². The number of aromatic nitrogens is 4. The second kappa shape index (κ2) is 9.21. The summed E-state index contributed by atoms with van der Waals surface area (Å²) in [7, 11) is 0. The Kier molecular flexibility index (Phi) is 6.20. The quantitative estimate of drug-likeness (QED) is 0.584. The molecule has 32 heavy (non-hydrogen) atoms. The Morgan fingerprint density at radius 3 is 2.50 bits per heavy atom. The summed E-state index contributed by atoms with van der Waals surface area (Å²) in [5, 5.41) is 6.97. The van der Waals surface area contributed by atoms with Crippen LogP contribution in [0.3, 0.4) is 0 Å². The third-order valence-electron chi connectivity index (χ3n) is 5.82. The zero-order chi connectivity index (χ0) is 22.7. The zero-order valence-electron chi connectivity index (χ0n) is 18.4. The lowest BCUT2D eigenvalue weighted by molar-refractivity contribution is -0.131. The van der Waals surface area contributed by atoms with Crippen molar-refractivity contribution in [2.45, 2.75) is 26.7 Å². The number of benzene rings is 1. The van der Waals surface area contributed by atoms with Crippen LogP contribution in [0.5, 0.6) is 0 Å². The van der Waals surface area contributed by atoms with E-state index in [1.54, 1.807) is 4.52 Å². The predicted molar refractivity (Wildman–Crippen MR) is 121 cm³/mol. The maximum atomic E-state index is 12.6. The second-order valence-electron chi connectivity index (χ2n) is 7.92. The van der Waals surface area contributed by atoms with Crippen molar-refractivity contribution in [2.75, 3.05) is 43.4 Å². The summed E-state index contributed by atoms with van der Waals surface area (Å²) in [6.07, 6.45) is 0.441. The molecule has 0 aliphatic carbocycles. The molecule has 1 aliphatic heterocycles. The van der Waals surface area contributed by atoms with Crippen LogP contribution in [0.1, 0.15) is 23.4 Å². The molecule has 0 unspecified atom stereocenters. The summed E-state index contributed by atoms with van der Waals surface area (Å²) in [5.41, 5.74) is 9.10. The minimum Gasteiger partial charge on any atom is -0.368 e. The van der Waals surface area contributed by atoms with Crippen molar-refractivity contribution in [1.82, 2.24) is 29.8 Å². The highest BCUT2D eigenvalue weighted by molar-refractivity contribution is 5.81. The Bertz CT molecular complexity index is 1120. The SMILES string of the molecule is Cc1nc2nc(N)nn2c(C)c1CC(=O)NCCC(=O)N1CCN(c2ccccc2)CC1. The van der Waals surface area contributed by atoms with Gasteiger partial charge in [-0.1, -0.05) is 18.2 Å². The molecule has 1 aromatic carbocycles. The number of carbonyl (C=O) groups is 2. The monoisotopic (exact) mass is 436 g/mol. The largest absolute Gasteiger partial charge is 0.368 e. The maximum absolute atomic E-state index is 12.6. The summed E-state index contributed by atoms with van der Waals surface area (Å²) >= 11 is 0. The molecule has 2 amide bonds. The molecule has 0 bridgehead atoms. The highest BCUT2D eigenvalue weighted by Crippen LogP contribution is 2.16. The van der Waals surface area contributed by atoms with Crippen LogP contribution in [-0.2, 0) is 16.0 Å².